The summed E-state index contributed by atoms with van der Waals surface area (Å²) in [6.45, 7) is 11.0. The predicted octanol–water partition coefficient (Wildman–Crippen LogP) is 3.66. The molecule has 0 atom stereocenters. The summed E-state index contributed by atoms with van der Waals surface area (Å²) in [6, 6.07) is 7.81. The minimum Gasteiger partial charge on any atom is -0.369 e. The van der Waals surface area contributed by atoms with Crippen LogP contribution in [0.3, 0.4) is 0 Å². The normalized spacial score (nSPS) is 12.6. The number of fused-ring (bicyclic) bond motifs is 1. The van der Waals surface area contributed by atoms with Crippen LogP contribution in [-0.2, 0) is 5.54 Å². The Balaban J connectivity index is 2.66. The summed E-state index contributed by atoms with van der Waals surface area (Å²) in [5.41, 5.74) is 8.33. The fraction of sp³-hybridized carbons (Fsp3) is 0.500. The summed E-state index contributed by atoms with van der Waals surface area (Å²) >= 11 is 0. The Hall–Kier alpha value is -2.02. The van der Waals surface area contributed by atoms with Crippen LogP contribution in [0, 0.1) is 16.7 Å². The van der Waals surface area contributed by atoms with Crippen molar-refractivity contribution in [1.29, 1.82) is 5.26 Å². The Bertz CT molecular complexity index is 681. The van der Waals surface area contributed by atoms with Crippen molar-refractivity contribution in [2.75, 3.05) is 5.73 Å². The van der Waals surface area contributed by atoms with Crippen molar-refractivity contribution in [1.82, 2.24) is 9.55 Å². The number of hydrogen-bond donors (Lipinski definition) is 1. The molecule has 0 fully saturated rings. The second-order valence-electron chi connectivity index (χ2n) is 7.14. The molecular formula is C16H22N4. The third-order valence-electron chi connectivity index (χ3n) is 3.40. The van der Waals surface area contributed by atoms with Crippen LogP contribution in [0.4, 0.5) is 5.95 Å². The zero-order valence-electron chi connectivity index (χ0n) is 12.9. The van der Waals surface area contributed by atoms with E-state index in [9.17, 15) is 5.26 Å². The third-order valence-corrected chi connectivity index (χ3v) is 3.40. The molecule has 0 amide bonds. The second kappa shape index (κ2) is 4.52. The lowest BCUT2D eigenvalue weighted by Gasteiger charge is -2.34. The van der Waals surface area contributed by atoms with Gasteiger partial charge in [0.25, 0.3) is 0 Å². The van der Waals surface area contributed by atoms with Gasteiger partial charge in [-0.25, -0.2) is 4.98 Å². The molecule has 0 saturated carbocycles. The van der Waals surface area contributed by atoms with E-state index in [1.54, 1.807) is 6.07 Å². The van der Waals surface area contributed by atoms with E-state index in [1.165, 1.54) is 0 Å². The number of nitrogens with two attached hydrogens (primary N) is 1. The van der Waals surface area contributed by atoms with E-state index in [0.29, 0.717) is 17.0 Å². The Morgan fingerprint density at radius 3 is 2.45 bits per heavy atom. The van der Waals surface area contributed by atoms with E-state index in [2.05, 4.69) is 50.2 Å². The van der Waals surface area contributed by atoms with Crippen LogP contribution in [-0.4, -0.2) is 9.55 Å². The first-order valence-corrected chi connectivity index (χ1v) is 6.83. The van der Waals surface area contributed by atoms with Gasteiger partial charge >= 0.3 is 0 Å². The number of hydrogen-bond acceptors (Lipinski definition) is 3. The molecule has 0 radical (unpaired) electrons. The predicted molar refractivity (Wildman–Crippen MR) is 82.3 cm³/mol. The lowest BCUT2D eigenvalue weighted by atomic mass is 9.81. The van der Waals surface area contributed by atoms with Gasteiger partial charge < -0.3 is 10.3 Å². The largest absolute Gasteiger partial charge is 0.369 e. The number of nitrogens with zero attached hydrogens (tertiary/aromatic N) is 3. The average Bonchev–Trinajstić information content (AvgIpc) is 2.61. The van der Waals surface area contributed by atoms with Gasteiger partial charge in [-0.3, -0.25) is 0 Å². The van der Waals surface area contributed by atoms with Crippen LogP contribution >= 0.6 is 0 Å². The first kappa shape index (κ1) is 14.4. The molecule has 106 valence electrons. The Labute approximate surface area is 120 Å². The fourth-order valence-corrected chi connectivity index (χ4v) is 3.22. The molecule has 1 aromatic heterocycles. The molecule has 4 heteroatoms. The van der Waals surface area contributed by atoms with Gasteiger partial charge in [0.2, 0.25) is 5.95 Å². The van der Waals surface area contributed by atoms with Crippen molar-refractivity contribution in [2.45, 2.75) is 46.6 Å². The van der Waals surface area contributed by atoms with Gasteiger partial charge in [-0.05, 0) is 37.8 Å². The van der Waals surface area contributed by atoms with E-state index in [0.717, 1.165) is 11.9 Å². The molecule has 2 N–H and O–H groups in total. The van der Waals surface area contributed by atoms with Gasteiger partial charge in [-0.2, -0.15) is 5.26 Å². The molecule has 0 aliphatic heterocycles. The lowest BCUT2D eigenvalue weighted by molar-refractivity contribution is 0.222. The highest BCUT2D eigenvalue weighted by Crippen LogP contribution is 2.36. The molecular weight excluding hydrogens is 248 g/mol. The molecule has 0 spiro atoms. The molecule has 1 heterocycles. The maximum absolute atomic E-state index is 9.18. The first-order valence-electron chi connectivity index (χ1n) is 6.83. The molecule has 4 nitrogen and oxygen atoms in total. The Kier molecular flexibility index (Phi) is 3.25. The fourth-order valence-electron chi connectivity index (χ4n) is 3.22. The smallest absolute Gasteiger partial charge is 0.201 e. The minimum absolute atomic E-state index is 0.162. The van der Waals surface area contributed by atoms with Crippen LogP contribution in [0.15, 0.2) is 18.2 Å². The molecule has 0 saturated heterocycles. The summed E-state index contributed by atoms with van der Waals surface area (Å²) in [7, 11) is 0. The molecule has 0 aliphatic rings. The van der Waals surface area contributed by atoms with Crippen molar-refractivity contribution in [3.05, 3.63) is 23.8 Å². The zero-order chi connectivity index (χ0) is 15.1. The number of aromatic nitrogens is 2. The number of nitrogen functional groups attached to an aromatic ring is 1. The highest BCUT2D eigenvalue weighted by Gasteiger charge is 2.30. The molecule has 20 heavy (non-hydrogen) atoms. The monoisotopic (exact) mass is 270 g/mol. The number of para-hydroxylation sites is 1. The third kappa shape index (κ3) is 2.49. The van der Waals surface area contributed by atoms with Gasteiger partial charge in [-0.1, -0.05) is 26.8 Å². The van der Waals surface area contributed by atoms with Gasteiger partial charge in [0.05, 0.1) is 11.1 Å². The molecule has 0 unspecified atom stereocenters. The molecule has 2 rings (SSSR count). The van der Waals surface area contributed by atoms with E-state index in [4.69, 9.17) is 5.73 Å². The van der Waals surface area contributed by atoms with Crippen molar-refractivity contribution >= 4 is 17.0 Å². The van der Waals surface area contributed by atoms with E-state index >= 15 is 0 Å². The standard InChI is InChI=1S/C16H22N4/c1-15(2,3)10-16(4,5)20-12-8-6-7-11(9-17)13(12)19-14(20)18/h6-8H,10H2,1-5H3,(H2,18,19). The highest BCUT2D eigenvalue weighted by molar-refractivity contribution is 5.84. The topological polar surface area (TPSA) is 67.6 Å². The summed E-state index contributed by atoms with van der Waals surface area (Å²) in [5.74, 6) is 0.469. The number of benzene rings is 1. The second-order valence-corrected chi connectivity index (χ2v) is 7.14. The molecule has 0 aliphatic carbocycles. The first-order chi connectivity index (χ1) is 9.15. The molecule has 1 aromatic carbocycles. The maximum atomic E-state index is 9.18. The van der Waals surface area contributed by atoms with Crippen LogP contribution in [0.1, 0.15) is 46.6 Å². The SMILES string of the molecule is CC(C)(C)CC(C)(C)n1c(N)nc2c(C#N)cccc21. The van der Waals surface area contributed by atoms with Crippen LogP contribution in [0.25, 0.3) is 11.0 Å². The summed E-state index contributed by atoms with van der Waals surface area (Å²) in [6.07, 6.45) is 0.965. The van der Waals surface area contributed by atoms with E-state index in [1.807, 2.05) is 12.1 Å². The van der Waals surface area contributed by atoms with Gasteiger partial charge in [-0.15, -0.1) is 0 Å². The van der Waals surface area contributed by atoms with Gasteiger partial charge in [0.1, 0.15) is 11.6 Å². The minimum atomic E-state index is -0.162. The molecule has 0 bridgehead atoms. The summed E-state index contributed by atoms with van der Waals surface area (Å²) in [5, 5.41) is 9.18. The highest BCUT2D eigenvalue weighted by atomic mass is 15.2. The van der Waals surface area contributed by atoms with Crippen LogP contribution < -0.4 is 5.73 Å². The number of rotatable bonds is 2. The lowest BCUT2D eigenvalue weighted by Crippen LogP contribution is -2.32. The van der Waals surface area contributed by atoms with E-state index < -0.39 is 0 Å². The van der Waals surface area contributed by atoms with Gasteiger partial charge in [0, 0.05) is 5.54 Å². The summed E-state index contributed by atoms with van der Waals surface area (Å²) < 4.78 is 2.05. The quantitative estimate of drug-likeness (QED) is 0.905. The van der Waals surface area contributed by atoms with E-state index in [-0.39, 0.29) is 11.0 Å². The number of nitriles is 1. The van der Waals surface area contributed by atoms with Gasteiger partial charge in [0.15, 0.2) is 0 Å². The number of imidazole rings is 1. The van der Waals surface area contributed by atoms with Crippen molar-refractivity contribution in [2.24, 2.45) is 5.41 Å². The van der Waals surface area contributed by atoms with Crippen LogP contribution in [0.5, 0.6) is 0 Å². The summed E-state index contributed by atoms with van der Waals surface area (Å²) in [4.78, 5) is 4.40. The Morgan fingerprint density at radius 2 is 1.90 bits per heavy atom. The zero-order valence-corrected chi connectivity index (χ0v) is 12.9. The van der Waals surface area contributed by atoms with Crippen LogP contribution in [0.2, 0.25) is 0 Å². The van der Waals surface area contributed by atoms with Crippen molar-refractivity contribution in [3.63, 3.8) is 0 Å². The van der Waals surface area contributed by atoms with Crippen molar-refractivity contribution < 1.29 is 0 Å². The number of anilines is 1. The Morgan fingerprint density at radius 1 is 1.25 bits per heavy atom. The maximum Gasteiger partial charge on any atom is 0.201 e. The van der Waals surface area contributed by atoms with Crippen molar-refractivity contribution in [3.8, 4) is 6.07 Å². The average molecular weight is 270 g/mol. The molecule has 2 aromatic rings.